The number of halogens is 1. The van der Waals surface area contributed by atoms with E-state index in [0.29, 0.717) is 9.14 Å². The first-order chi connectivity index (χ1) is 10.4. The molecule has 0 spiro atoms. The highest BCUT2D eigenvalue weighted by Gasteiger charge is 2.16. The van der Waals surface area contributed by atoms with Crippen molar-refractivity contribution in [1.29, 1.82) is 0 Å². The Bertz CT molecular complexity index is 1010. The number of thiophene rings is 1. The fourth-order valence-electron chi connectivity index (χ4n) is 2.07. The van der Waals surface area contributed by atoms with E-state index in [4.69, 9.17) is 11.6 Å². The lowest BCUT2D eigenvalue weighted by molar-refractivity contribution is 0.598. The van der Waals surface area contributed by atoms with Crippen LogP contribution in [-0.4, -0.2) is 13.0 Å². The molecular weight excluding hydrogens is 360 g/mol. The first-order valence-corrected chi connectivity index (χ1v) is 10.0. The Kier molecular flexibility index (Phi) is 4.15. The van der Waals surface area contributed by atoms with Crippen LogP contribution in [-0.2, 0) is 23.5 Å². The zero-order valence-electron chi connectivity index (χ0n) is 11.9. The van der Waals surface area contributed by atoms with E-state index in [1.54, 1.807) is 10.6 Å². The molecule has 0 radical (unpaired) electrons. The van der Waals surface area contributed by atoms with Gasteiger partial charge in [0.15, 0.2) is 0 Å². The van der Waals surface area contributed by atoms with Crippen molar-refractivity contribution in [3.8, 4) is 0 Å². The van der Waals surface area contributed by atoms with E-state index in [1.165, 1.54) is 23.0 Å². The third kappa shape index (κ3) is 2.86. The summed E-state index contributed by atoms with van der Waals surface area (Å²) in [5.41, 5.74) is 2.19. The predicted molar refractivity (Wildman–Crippen MR) is 92.3 cm³/mol. The van der Waals surface area contributed by atoms with Crippen molar-refractivity contribution < 1.29 is 8.42 Å². The van der Waals surface area contributed by atoms with Gasteiger partial charge in [-0.1, -0.05) is 35.9 Å². The number of hydrogen-bond acceptors (Lipinski definition) is 4. The molecule has 2 heterocycles. The van der Waals surface area contributed by atoms with Crippen molar-refractivity contribution in [3.63, 3.8) is 0 Å². The van der Waals surface area contributed by atoms with E-state index in [-0.39, 0.29) is 4.21 Å². The van der Waals surface area contributed by atoms with Gasteiger partial charge < -0.3 is 4.57 Å². The highest BCUT2D eigenvalue weighted by atomic mass is 35.5. The zero-order valence-corrected chi connectivity index (χ0v) is 15.1. The Morgan fingerprint density at radius 2 is 2.00 bits per heavy atom. The van der Waals surface area contributed by atoms with Gasteiger partial charge in [-0.15, -0.1) is 15.7 Å². The molecule has 2 aromatic heterocycles. The quantitative estimate of drug-likeness (QED) is 0.702. The van der Waals surface area contributed by atoms with Crippen LogP contribution in [0.15, 0.2) is 38.9 Å². The number of nitrogens with zero attached hydrogens (tertiary/aromatic N) is 2. The summed E-state index contributed by atoms with van der Waals surface area (Å²) in [6, 6.07) is 9.17. The largest absolute Gasteiger partial charge is 0.319 e. The van der Waals surface area contributed by atoms with E-state index >= 15 is 0 Å². The summed E-state index contributed by atoms with van der Waals surface area (Å²) in [4.78, 5) is 0.452. The summed E-state index contributed by atoms with van der Waals surface area (Å²) in [7, 11) is -1.91. The van der Waals surface area contributed by atoms with E-state index in [1.807, 2.05) is 19.2 Å². The smallest absolute Gasteiger partial charge is 0.294 e. The molecule has 0 atom stereocenters. The third-order valence-electron chi connectivity index (χ3n) is 3.28. The summed E-state index contributed by atoms with van der Waals surface area (Å²) >= 11 is 8.19. The van der Waals surface area contributed by atoms with Gasteiger partial charge in [0, 0.05) is 7.05 Å². The van der Waals surface area contributed by atoms with Crippen molar-refractivity contribution in [2.24, 2.45) is 11.4 Å². The van der Waals surface area contributed by atoms with Crippen LogP contribution >= 0.6 is 34.3 Å². The molecule has 0 fully saturated rings. The Morgan fingerprint density at radius 3 is 2.64 bits per heavy atom. The van der Waals surface area contributed by atoms with Crippen LogP contribution in [0.5, 0.6) is 0 Å². The van der Waals surface area contributed by atoms with Gasteiger partial charge in [0.2, 0.25) is 4.80 Å². The number of benzene rings is 1. The Morgan fingerprint density at radius 1 is 1.23 bits per heavy atom. The van der Waals surface area contributed by atoms with Crippen molar-refractivity contribution in [3.05, 3.63) is 45.0 Å². The molecule has 0 aliphatic carbocycles. The number of rotatable bonds is 3. The topological polar surface area (TPSA) is 51.4 Å². The van der Waals surface area contributed by atoms with Crippen LogP contribution in [0.2, 0.25) is 4.34 Å². The minimum absolute atomic E-state index is 0.157. The molecule has 3 aromatic rings. The van der Waals surface area contributed by atoms with Crippen LogP contribution in [0.1, 0.15) is 12.5 Å². The van der Waals surface area contributed by atoms with Gasteiger partial charge in [0.05, 0.1) is 14.6 Å². The minimum Gasteiger partial charge on any atom is -0.319 e. The first kappa shape index (κ1) is 15.7. The van der Waals surface area contributed by atoms with Crippen molar-refractivity contribution in [2.45, 2.75) is 17.6 Å². The van der Waals surface area contributed by atoms with Gasteiger partial charge in [-0.05, 0) is 36.2 Å². The number of fused-ring (bicyclic) bond motifs is 1. The summed E-state index contributed by atoms with van der Waals surface area (Å²) in [6.45, 7) is 2.09. The molecule has 116 valence electrons. The molecule has 0 aliphatic rings. The van der Waals surface area contributed by atoms with Crippen LogP contribution in [0.4, 0.5) is 0 Å². The predicted octanol–water partition coefficient (Wildman–Crippen LogP) is 3.81. The summed E-state index contributed by atoms with van der Waals surface area (Å²) in [5, 5.41) is 0. The van der Waals surface area contributed by atoms with Gasteiger partial charge in [0.1, 0.15) is 4.21 Å². The second-order valence-electron chi connectivity index (χ2n) is 4.72. The molecule has 3 rings (SSSR count). The molecule has 0 amide bonds. The Labute approximate surface area is 141 Å². The Hall–Kier alpha value is -1.15. The molecule has 0 bridgehead atoms. The first-order valence-electron chi connectivity index (χ1n) is 6.55. The maximum Gasteiger partial charge on any atom is 0.294 e. The number of aromatic nitrogens is 1. The van der Waals surface area contributed by atoms with Crippen LogP contribution in [0.25, 0.3) is 10.2 Å². The second kappa shape index (κ2) is 5.81. The van der Waals surface area contributed by atoms with Crippen LogP contribution in [0, 0.1) is 0 Å². The fourth-order valence-corrected chi connectivity index (χ4v) is 5.84. The van der Waals surface area contributed by atoms with Gasteiger partial charge >= 0.3 is 0 Å². The van der Waals surface area contributed by atoms with E-state index in [0.717, 1.165) is 28.0 Å². The highest BCUT2D eigenvalue weighted by molar-refractivity contribution is 7.92. The molecule has 0 N–H and O–H groups in total. The van der Waals surface area contributed by atoms with Crippen LogP contribution < -0.4 is 4.80 Å². The lowest BCUT2D eigenvalue weighted by Crippen LogP contribution is -2.13. The summed E-state index contributed by atoms with van der Waals surface area (Å²) in [5.74, 6) is 0. The lowest BCUT2D eigenvalue weighted by Gasteiger charge is -1.98. The standard InChI is InChI=1S/C14H13ClN2O2S3/c1-3-9-4-5-10-11(8-9)20-14(17(10)2)16-22(18,19)13-7-6-12(15)21-13/h4-8H,3H2,1-2H3. The van der Waals surface area contributed by atoms with Gasteiger partial charge in [-0.3, -0.25) is 0 Å². The maximum atomic E-state index is 12.3. The molecule has 0 saturated carbocycles. The monoisotopic (exact) mass is 372 g/mol. The van der Waals surface area contributed by atoms with Crippen molar-refractivity contribution >= 4 is 54.5 Å². The molecule has 0 saturated heterocycles. The summed E-state index contributed by atoms with van der Waals surface area (Å²) < 4.78 is 32.1. The van der Waals surface area contributed by atoms with Crippen molar-refractivity contribution in [1.82, 2.24) is 4.57 Å². The van der Waals surface area contributed by atoms with E-state index < -0.39 is 10.0 Å². The molecule has 1 aromatic carbocycles. The van der Waals surface area contributed by atoms with Gasteiger partial charge in [-0.2, -0.15) is 8.42 Å². The molecule has 22 heavy (non-hydrogen) atoms. The molecule has 0 unspecified atom stereocenters. The summed E-state index contributed by atoms with van der Waals surface area (Å²) in [6.07, 6.45) is 0.940. The lowest BCUT2D eigenvalue weighted by atomic mass is 10.2. The number of thiazole rings is 1. The van der Waals surface area contributed by atoms with Crippen LogP contribution in [0.3, 0.4) is 0 Å². The normalized spacial score (nSPS) is 13.1. The van der Waals surface area contributed by atoms with E-state index in [9.17, 15) is 8.42 Å². The highest BCUT2D eigenvalue weighted by Crippen LogP contribution is 2.27. The second-order valence-corrected chi connectivity index (χ2v) is 9.28. The molecule has 8 heteroatoms. The average Bonchev–Trinajstić information content (AvgIpc) is 3.04. The molecule has 4 nitrogen and oxygen atoms in total. The minimum atomic E-state index is -3.73. The number of sulfonamides is 1. The average molecular weight is 373 g/mol. The van der Waals surface area contributed by atoms with Gasteiger partial charge in [0.25, 0.3) is 10.0 Å². The molecular formula is C14H13ClN2O2S3. The fraction of sp³-hybridized carbons (Fsp3) is 0.214. The number of hydrogen-bond donors (Lipinski definition) is 0. The van der Waals surface area contributed by atoms with Crippen molar-refractivity contribution in [2.75, 3.05) is 0 Å². The zero-order chi connectivity index (χ0) is 15.9. The third-order valence-corrected chi connectivity index (χ3v) is 7.46. The number of aryl methyl sites for hydroxylation is 2. The Balaban J connectivity index is 2.19. The maximum absolute atomic E-state index is 12.3. The molecule has 0 aliphatic heterocycles. The SMILES string of the molecule is CCc1ccc2c(c1)sc(=NS(=O)(=O)c1ccc(Cl)s1)n2C. The van der Waals surface area contributed by atoms with Gasteiger partial charge in [-0.25, -0.2) is 0 Å². The van der Waals surface area contributed by atoms with E-state index in [2.05, 4.69) is 17.4 Å².